The normalized spacial score (nSPS) is 12.3. The van der Waals surface area contributed by atoms with Gasteiger partial charge in [-0.25, -0.2) is 4.68 Å². The number of nitrogens with two attached hydrogens (primary N) is 1. The van der Waals surface area contributed by atoms with E-state index >= 15 is 0 Å². The zero-order valence-electron chi connectivity index (χ0n) is 8.08. The molecule has 1 unspecified atom stereocenters. The molecule has 0 aliphatic rings. The van der Waals surface area contributed by atoms with Crippen molar-refractivity contribution in [2.45, 2.75) is 6.04 Å². The van der Waals surface area contributed by atoms with Crippen LogP contribution in [0.1, 0.15) is 16.4 Å². The third kappa shape index (κ3) is 1.94. The molecule has 4 heteroatoms. The molecular formula is C11H11N3O. The van der Waals surface area contributed by atoms with Gasteiger partial charge in [0.2, 0.25) is 0 Å². The van der Waals surface area contributed by atoms with Crippen LogP contribution >= 0.6 is 0 Å². The molecule has 1 atom stereocenters. The fraction of sp³-hybridized carbons (Fsp3) is 0.0909. The average Bonchev–Trinajstić information content (AvgIpc) is 2.82. The second kappa shape index (κ2) is 4.06. The van der Waals surface area contributed by atoms with Gasteiger partial charge >= 0.3 is 0 Å². The van der Waals surface area contributed by atoms with Crippen molar-refractivity contribution in [1.82, 2.24) is 9.78 Å². The minimum Gasteiger partial charge on any atom is -0.316 e. The zero-order chi connectivity index (χ0) is 10.7. The van der Waals surface area contributed by atoms with Gasteiger partial charge in [-0.15, -0.1) is 0 Å². The molecule has 0 radical (unpaired) electrons. The average molecular weight is 201 g/mol. The standard InChI is InChI=1S/C11H11N3O/c12-10(9-5-2-1-3-6-9)11(15)14-8-4-7-13-14/h1-8,10H,12H2. The Hall–Kier alpha value is -1.94. The largest absolute Gasteiger partial charge is 0.316 e. The van der Waals surface area contributed by atoms with Crippen LogP contribution in [0.3, 0.4) is 0 Å². The summed E-state index contributed by atoms with van der Waals surface area (Å²) in [5, 5.41) is 3.85. The molecule has 0 bridgehead atoms. The van der Waals surface area contributed by atoms with Gasteiger partial charge in [0.25, 0.3) is 5.91 Å². The molecule has 0 spiro atoms. The Bertz CT molecular complexity index is 436. The summed E-state index contributed by atoms with van der Waals surface area (Å²) in [6, 6.07) is 10.3. The molecule has 76 valence electrons. The van der Waals surface area contributed by atoms with Gasteiger partial charge in [-0.1, -0.05) is 30.3 Å². The van der Waals surface area contributed by atoms with Crippen LogP contribution in [0, 0.1) is 0 Å². The summed E-state index contributed by atoms with van der Waals surface area (Å²) in [6.45, 7) is 0. The molecule has 0 aliphatic carbocycles. The van der Waals surface area contributed by atoms with E-state index in [1.807, 2.05) is 30.3 Å². The maximum atomic E-state index is 11.8. The molecule has 15 heavy (non-hydrogen) atoms. The van der Waals surface area contributed by atoms with Crippen LogP contribution < -0.4 is 5.73 Å². The first-order valence-electron chi connectivity index (χ1n) is 4.63. The van der Waals surface area contributed by atoms with E-state index in [2.05, 4.69) is 5.10 Å². The number of rotatable bonds is 2. The summed E-state index contributed by atoms with van der Waals surface area (Å²) < 4.78 is 1.25. The molecule has 0 amide bonds. The SMILES string of the molecule is NC(C(=O)n1cccn1)c1ccccc1. The predicted octanol–water partition coefficient (Wildman–Crippen LogP) is 1.22. The van der Waals surface area contributed by atoms with Gasteiger partial charge in [0, 0.05) is 12.4 Å². The summed E-state index contributed by atoms with van der Waals surface area (Å²) in [5.74, 6) is -0.230. The third-order valence-electron chi connectivity index (χ3n) is 2.15. The fourth-order valence-electron chi connectivity index (χ4n) is 1.34. The van der Waals surface area contributed by atoms with Gasteiger partial charge in [-0.3, -0.25) is 4.79 Å². The Morgan fingerprint density at radius 2 is 2.00 bits per heavy atom. The quantitative estimate of drug-likeness (QED) is 0.794. The van der Waals surface area contributed by atoms with Gasteiger partial charge in [-0.2, -0.15) is 5.10 Å². The Morgan fingerprint density at radius 1 is 1.27 bits per heavy atom. The second-order valence-corrected chi connectivity index (χ2v) is 3.18. The highest BCUT2D eigenvalue weighted by atomic mass is 16.2. The number of carbonyl (C=O) groups excluding carboxylic acids is 1. The van der Waals surface area contributed by atoms with Crippen LogP contribution in [0.2, 0.25) is 0 Å². The first-order chi connectivity index (χ1) is 7.29. The smallest absolute Gasteiger partial charge is 0.268 e. The Morgan fingerprint density at radius 3 is 2.60 bits per heavy atom. The number of benzene rings is 1. The molecule has 1 aromatic heterocycles. The van der Waals surface area contributed by atoms with Crippen LogP contribution in [0.15, 0.2) is 48.8 Å². The summed E-state index contributed by atoms with van der Waals surface area (Å²) >= 11 is 0. The summed E-state index contributed by atoms with van der Waals surface area (Å²) in [7, 11) is 0. The van der Waals surface area contributed by atoms with E-state index in [1.54, 1.807) is 18.5 Å². The fourth-order valence-corrected chi connectivity index (χ4v) is 1.34. The highest BCUT2D eigenvalue weighted by Gasteiger charge is 2.16. The lowest BCUT2D eigenvalue weighted by Crippen LogP contribution is -2.27. The molecule has 1 aromatic carbocycles. The van der Waals surface area contributed by atoms with Crippen LogP contribution in [0.5, 0.6) is 0 Å². The van der Waals surface area contributed by atoms with Crippen molar-refractivity contribution in [2.75, 3.05) is 0 Å². The summed E-state index contributed by atoms with van der Waals surface area (Å²) in [5.41, 5.74) is 6.61. The number of aromatic nitrogens is 2. The van der Waals surface area contributed by atoms with Gasteiger partial charge in [0.1, 0.15) is 6.04 Å². The minimum atomic E-state index is -0.661. The van der Waals surface area contributed by atoms with E-state index in [0.717, 1.165) is 5.56 Å². The lowest BCUT2D eigenvalue weighted by atomic mass is 10.1. The molecule has 2 aromatic rings. The molecule has 2 rings (SSSR count). The van der Waals surface area contributed by atoms with E-state index < -0.39 is 6.04 Å². The second-order valence-electron chi connectivity index (χ2n) is 3.18. The van der Waals surface area contributed by atoms with Gasteiger partial charge < -0.3 is 5.73 Å². The summed E-state index contributed by atoms with van der Waals surface area (Å²) in [4.78, 5) is 11.8. The molecule has 0 saturated heterocycles. The maximum Gasteiger partial charge on any atom is 0.268 e. The van der Waals surface area contributed by atoms with Crippen molar-refractivity contribution in [3.63, 3.8) is 0 Å². The number of nitrogens with zero attached hydrogens (tertiary/aromatic N) is 2. The van der Waals surface area contributed by atoms with Crippen molar-refractivity contribution < 1.29 is 4.79 Å². The lowest BCUT2D eigenvalue weighted by Gasteiger charge is -2.09. The van der Waals surface area contributed by atoms with Crippen molar-refractivity contribution in [2.24, 2.45) is 5.73 Å². The van der Waals surface area contributed by atoms with Crippen LogP contribution in [0.25, 0.3) is 0 Å². The molecule has 4 nitrogen and oxygen atoms in total. The predicted molar refractivity (Wildman–Crippen MR) is 56.2 cm³/mol. The highest BCUT2D eigenvalue weighted by Crippen LogP contribution is 2.11. The maximum absolute atomic E-state index is 11.8. The molecule has 1 heterocycles. The van der Waals surface area contributed by atoms with E-state index in [-0.39, 0.29) is 5.91 Å². The molecule has 2 N–H and O–H groups in total. The van der Waals surface area contributed by atoms with Crippen molar-refractivity contribution >= 4 is 5.91 Å². The molecule has 0 fully saturated rings. The van der Waals surface area contributed by atoms with E-state index in [9.17, 15) is 4.79 Å². The van der Waals surface area contributed by atoms with Crippen molar-refractivity contribution in [3.05, 3.63) is 54.4 Å². The number of hydrogen-bond acceptors (Lipinski definition) is 3. The summed E-state index contributed by atoms with van der Waals surface area (Å²) in [6.07, 6.45) is 3.14. The van der Waals surface area contributed by atoms with E-state index in [1.165, 1.54) is 4.68 Å². The number of hydrogen-bond donors (Lipinski definition) is 1. The Labute approximate surface area is 87.3 Å². The van der Waals surface area contributed by atoms with Gasteiger partial charge in [-0.05, 0) is 11.6 Å². The van der Waals surface area contributed by atoms with Crippen molar-refractivity contribution in [1.29, 1.82) is 0 Å². The molecule has 0 aliphatic heterocycles. The first-order valence-corrected chi connectivity index (χ1v) is 4.63. The topological polar surface area (TPSA) is 60.9 Å². The zero-order valence-corrected chi connectivity index (χ0v) is 8.08. The van der Waals surface area contributed by atoms with Crippen LogP contribution in [-0.4, -0.2) is 15.7 Å². The molecule has 0 saturated carbocycles. The Kier molecular flexibility index (Phi) is 2.60. The van der Waals surface area contributed by atoms with Gasteiger partial charge in [0.05, 0.1) is 0 Å². The number of carbonyl (C=O) groups is 1. The van der Waals surface area contributed by atoms with Gasteiger partial charge in [0.15, 0.2) is 0 Å². The van der Waals surface area contributed by atoms with E-state index in [0.29, 0.717) is 0 Å². The highest BCUT2D eigenvalue weighted by molar-refractivity contribution is 5.84. The third-order valence-corrected chi connectivity index (χ3v) is 2.15. The molecular weight excluding hydrogens is 190 g/mol. The van der Waals surface area contributed by atoms with Crippen molar-refractivity contribution in [3.8, 4) is 0 Å². The lowest BCUT2D eigenvalue weighted by molar-refractivity contribution is 0.0863. The Balaban J connectivity index is 2.23. The van der Waals surface area contributed by atoms with Crippen LogP contribution in [0.4, 0.5) is 0 Å². The monoisotopic (exact) mass is 201 g/mol. The van der Waals surface area contributed by atoms with E-state index in [4.69, 9.17) is 5.73 Å². The minimum absolute atomic E-state index is 0.230. The first kappa shape index (κ1) is 9.61. The van der Waals surface area contributed by atoms with Crippen LogP contribution in [-0.2, 0) is 0 Å².